The second kappa shape index (κ2) is 42.4. The first-order chi connectivity index (χ1) is 67.4. The molecule has 11 N–H and O–H groups in total. The van der Waals surface area contributed by atoms with E-state index < -0.39 is 184 Å². The number of halogens is 24. The summed E-state index contributed by atoms with van der Waals surface area (Å²) in [5.41, 5.74) is 35.8. The van der Waals surface area contributed by atoms with Crippen LogP contribution in [0, 0.1) is 87.3 Å². The van der Waals surface area contributed by atoms with E-state index in [-0.39, 0.29) is 90.9 Å². The fraction of sp³-hybridized carbons (Fsp3) is 0.495. The summed E-state index contributed by atoms with van der Waals surface area (Å²) in [6.45, 7) is 6.82. The van der Waals surface area contributed by atoms with E-state index in [1.807, 2.05) is 20.9 Å². The predicted octanol–water partition coefficient (Wildman–Crippen LogP) is 14.5. The van der Waals surface area contributed by atoms with E-state index in [1.54, 1.807) is 0 Å². The topological polar surface area (TPSA) is 317 Å². The van der Waals surface area contributed by atoms with E-state index in [0.29, 0.717) is 155 Å². The number of benzene rings is 5. The van der Waals surface area contributed by atoms with E-state index >= 15 is 0 Å². The third-order valence-corrected chi connectivity index (χ3v) is 27.6. The van der Waals surface area contributed by atoms with Crippen LogP contribution in [0.25, 0.3) is 0 Å². The summed E-state index contributed by atoms with van der Waals surface area (Å²) in [6.07, 6.45) is -5.81. The molecule has 15 heterocycles. The minimum Gasteiger partial charge on any atom is -0.370 e. The monoisotopic (exact) mass is 2030 g/mol. The second-order valence-corrected chi connectivity index (χ2v) is 37.0. The Hall–Kier alpha value is -10.4. The van der Waals surface area contributed by atoms with Crippen LogP contribution in [0.2, 0.25) is 0 Å². The van der Waals surface area contributed by atoms with Crippen molar-refractivity contribution in [3.8, 4) is 0 Å². The number of nitrogens with zero attached hydrogens (tertiary/aromatic N) is 13. The number of alkyl halides is 9. The lowest BCUT2D eigenvalue weighted by atomic mass is 9.92. The molecular formula is C93H95F24N19O6. The summed E-state index contributed by atoms with van der Waals surface area (Å²) in [4.78, 5) is 28.2. The van der Waals surface area contributed by atoms with E-state index in [2.05, 4.69) is 50.1 Å². The normalized spacial score (nSPS) is 26.3. The molecule has 6 fully saturated rings. The van der Waals surface area contributed by atoms with Gasteiger partial charge in [0.05, 0.1) is 68.6 Å². The Balaban J connectivity index is 0.000000122. The first-order valence-corrected chi connectivity index (χ1v) is 45.7. The zero-order chi connectivity index (χ0) is 101. The summed E-state index contributed by atoms with van der Waals surface area (Å²) in [6, 6.07) is 2.85. The Bertz CT molecular complexity index is 6190. The molecule has 25 nitrogen and oxygen atoms in total. The van der Waals surface area contributed by atoms with E-state index in [1.165, 1.54) is 28.1 Å². The lowest BCUT2D eigenvalue weighted by Gasteiger charge is -2.41. The zero-order valence-corrected chi connectivity index (χ0v) is 75.1. The van der Waals surface area contributed by atoms with Gasteiger partial charge in [0.1, 0.15) is 71.2 Å². The maximum atomic E-state index is 14.1. The summed E-state index contributed by atoms with van der Waals surface area (Å²) >= 11 is 0. The van der Waals surface area contributed by atoms with Gasteiger partial charge in [-0.3, -0.25) is 29.6 Å². The number of H-pyrrole nitrogens is 1. The van der Waals surface area contributed by atoms with Crippen molar-refractivity contribution in [1.29, 1.82) is 0 Å². The highest BCUT2D eigenvalue weighted by Gasteiger charge is 2.47. The Morgan fingerprint density at radius 1 is 0.331 bits per heavy atom. The molecule has 21 rings (SSSR count). The fourth-order valence-electron chi connectivity index (χ4n) is 19.9. The Labute approximate surface area is 794 Å². The quantitative estimate of drug-likeness (QED) is 0.0518. The van der Waals surface area contributed by atoms with Crippen LogP contribution >= 0.6 is 0 Å². The van der Waals surface area contributed by atoms with Crippen molar-refractivity contribution in [3.05, 3.63) is 274 Å². The molecule has 10 aliphatic heterocycles. The number of nitrogens with two attached hydrogens (primary N) is 5. The molecular weight excluding hydrogens is 1940 g/mol. The molecule has 1 aliphatic carbocycles. The molecule has 142 heavy (non-hydrogen) atoms. The number of ether oxygens (including phenoxy) is 5. The summed E-state index contributed by atoms with van der Waals surface area (Å²) < 4.78 is 355. The van der Waals surface area contributed by atoms with Gasteiger partial charge in [0.25, 0.3) is 0 Å². The van der Waals surface area contributed by atoms with E-state index in [4.69, 9.17) is 56.9 Å². The molecule has 0 radical (unpaired) electrons. The number of hydrogen-bond donors (Lipinski definition) is 6. The largest absolute Gasteiger partial charge is 0.451 e. The van der Waals surface area contributed by atoms with E-state index in [0.717, 1.165) is 106 Å². The first kappa shape index (κ1) is 103. The van der Waals surface area contributed by atoms with Gasteiger partial charge in [-0.2, -0.15) is 44.6 Å². The Morgan fingerprint density at radius 2 is 0.676 bits per heavy atom. The lowest BCUT2D eigenvalue weighted by molar-refractivity contribution is -0.146. The second-order valence-electron chi connectivity index (χ2n) is 37.0. The standard InChI is InChI=1S/C20H22F3N3O2.2C19H18F6N4O.C18H18F6N4O.C17H19F3N4O/c21-14-7-16(23)15(22)6-12(14)20-17(24)5-11(9-27-20)26-4-3-18-13(8-26)19(28-25-18)10-1-2-10;20-12-5-14(22)13(21)4-11(12)17-15(26)3-10(8-30-17)29-2-1-16-9(7-29)6-27-18(28-16)19(23,24)25;20-12-5-14(22)13(21)4-11(12)17-15(26)3-10(8-30-17)29-2-1-9-6-27-18(19(23,24)25)28-16(9)7-29;19-11-5-13(21)12(20)4-10(11)17-14(25)3-9(8-29-17)27-1-2-28-6-15(18(22,23)24)26-16(28)7-27;18-12-5-14(20)13(19)4-11(12)17-15(21)3-10(8-25-17)24-2-1-9-6-22-23-16(9)7-24/h6-7,10-11,17,20H,1-5,8-9,24H2;2*4-6,10,15,17H,1-3,7-8,26H2;4-6,9,14,17H,1-3,7-8,25H2;4-6,10,15,17H,1-3,7-8,21H2,(H,22,23)/t11-,17+,20?;2*10-,15+,17?;9-,14+,17?;10-,15+,17?/m11111/s1. The molecule has 5 aromatic carbocycles. The van der Waals surface area contributed by atoms with Gasteiger partial charge in [-0.15, -0.1) is 0 Å². The Kier molecular flexibility index (Phi) is 30.7. The molecule has 5 unspecified atom stereocenters. The van der Waals surface area contributed by atoms with Crippen molar-refractivity contribution < 1.29 is 134 Å². The lowest BCUT2D eigenvalue weighted by Crippen LogP contribution is -2.51. The van der Waals surface area contributed by atoms with Crippen molar-refractivity contribution in [1.82, 2.24) is 69.3 Å². The van der Waals surface area contributed by atoms with Crippen LogP contribution in [-0.2, 0) is 107 Å². The number of rotatable bonds is 11. The van der Waals surface area contributed by atoms with Gasteiger partial charge >= 0.3 is 18.5 Å². The highest BCUT2D eigenvalue weighted by molar-refractivity contribution is 5.34. The van der Waals surface area contributed by atoms with Crippen LogP contribution in [0.3, 0.4) is 0 Å². The number of aromatic amines is 1. The van der Waals surface area contributed by atoms with Gasteiger partial charge in [0, 0.05) is 232 Å². The molecule has 5 aromatic heterocycles. The molecule has 11 aliphatic rings. The molecule has 0 amide bonds. The van der Waals surface area contributed by atoms with Crippen molar-refractivity contribution >= 4 is 0 Å². The fourth-order valence-corrected chi connectivity index (χ4v) is 19.9. The average Bonchev–Trinajstić information content (AvgIpc) is 1.61. The smallest absolute Gasteiger partial charge is 0.370 e. The number of aromatic nitrogens is 9. The molecule has 1 saturated carbocycles. The summed E-state index contributed by atoms with van der Waals surface area (Å²) in [5.74, 6) is -17.1. The third kappa shape index (κ3) is 23.0. The molecule has 0 spiro atoms. The molecule has 15 atom stereocenters. The van der Waals surface area contributed by atoms with Gasteiger partial charge in [-0.05, 0) is 99.2 Å². The summed E-state index contributed by atoms with van der Waals surface area (Å²) in [5, 5.41) is 11.3. The van der Waals surface area contributed by atoms with Crippen molar-refractivity contribution in [2.75, 3.05) is 65.8 Å². The number of nitrogens with one attached hydrogen (secondary N) is 1. The van der Waals surface area contributed by atoms with Crippen molar-refractivity contribution in [2.45, 2.75) is 225 Å². The van der Waals surface area contributed by atoms with Crippen LogP contribution in [0.4, 0.5) is 105 Å². The summed E-state index contributed by atoms with van der Waals surface area (Å²) in [7, 11) is 0. The number of fused-ring (bicyclic) bond motifs is 5. The molecule has 5 saturated heterocycles. The maximum Gasteiger partial charge on any atom is 0.451 e. The maximum absolute atomic E-state index is 14.1. The van der Waals surface area contributed by atoms with Crippen LogP contribution in [-0.4, -0.2) is 196 Å². The first-order valence-electron chi connectivity index (χ1n) is 45.7. The minimum atomic E-state index is -4.63. The van der Waals surface area contributed by atoms with Gasteiger partial charge in [0.2, 0.25) is 11.6 Å². The van der Waals surface area contributed by atoms with Crippen molar-refractivity contribution in [2.24, 2.45) is 28.7 Å². The highest BCUT2D eigenvalue weighted by Crippen LogP contribution is 2.46. The molecule has 0 bridgehead atoms. The van der Waals surface area contributed by atoms with Crippen molar-refractivity contribution in [3.63, 3.8) is 0 Å². The molecule has 10 aromatic rings. The predicted molar refractivity (Wildman–Crippen MR) is 452 cm³/mol. The van der Waals surface area contributed by atoms with E-state index in [9.17, 15) is 105 Å². The zero-order valence-electron chi connectivity index (χ0n) is 75.1. The third-order valence-electron chi connectivity index (χ3n) is 27.6. The van der Waals surface area contributed by atoms with Gasteiger partial charge in [0.15, 0.2) is 63.9 Å². The van der Waals surface area contributed by atoms with Crippen LogP contribution in [0.5, 0.6) is 0 Å². The van der Waals surface area contributed by atoms with Gasteiger partial charge in [-0.1, -0.05) is 5.16 Å². The molecule has 766 valence electrons. The van der Waals surface area contributed by atoms with Gasteiger partial charge < -0.3 is 61.4 Å². The average molecular weight is 2030 g/mol. The SMILES string of the molecule is N[C@H]1C[C@@H](N2CCc3cn[nH]c3C2)COC1c1cc(F)c(F)cc1F.N[C@H]1C[C@@H](N2CCc3cnc(C(F)(F)F)nc3C2)COC1c1cc(F)c(F)cc1F.N[C@H]1C[C@@H](N2CCc3nc(C(F)(F)F)ncc3C2)COC1c1cc(F)c(F)cc1F.N[C@H]1C[C@@H](N2CCc3noc(C4CC4)c3C2)COC1c1cc(F)c(F)cc1F.N[C@H]1C[C@@H](N2CCn3cc(C(F)(F)F)nc3C2)COC1c1cc(F)c(F)cc1F. The van der Waals surface area contributed by atoms with Gasteiger partial charge in [-0.25, -0.2) is 90.8 Å². The Morgan fingerprint density at radius 3 is 1.06 bits per heavy atom. The van der Waals surface area contributed by atoms with Crippen LogP contribution in [0.1, 0.15) is 183 Å². The van der Waals surface area contributed by atoms with Crippen LogP contribution < -0.4 is 28.7 Å². The minimum absolute atomic E-state index is 0.0270. The van der Waals surface area contributed by atoms with Crippen LogP contribution in [0.15, 0.2) is 90.0 Å². The molecule has 49 heteroatoms. The number of imidazole rings is 1. The number of hydrogen-bond acceptors (Lipinski definition) is 23. The highest BCUT2D eigenvalue weighted by atomic mass is 19.4.